The lowest BCUT2D eigenvalue weighted by Crippen LogP contribution is -2.48. The Morgan fingerprint density at radius 3 is 2.65 bits per heavy atom. The molecule has 1 aliphatic heterocycles. The Labute approximate surface area is 156 Å². The standard InChI is InChI=1S/C19H18ClN5O/c20-19-15(25-10-4-2-6-17(25)22-19)7-8-18(26)24-13-11-23(12-14-24)16-5-1-3-9-21-16/h1-10H,11-14H2/b8-7+. The number of carbonyl (C=O) groups is 1. The molecule has 1 fully saturated rings. The molecular weight excluding hydrogens is 350 g/mol. The second kappa shape index (κ2) is 7.17. The molecular formula is C19H18ClN5O. The van der Waals surface area contributed by atoms with Gasteiger partial charge in [0, 0.05) is 44.6 Å². The summed E-state index contributed by atoms with van der Waals surface area (Å²) in [4.78, 5) is 25.2. The molecule has 0 N–H and O–H groups in total. The number of fused-ring (bicyclic) bond motifs is 1. The van der Waals surface area contributed by atoms with Crippen molar-refractivity contribution in [2.24, 2.45) is 0 Å². The third-order valence-electron chi connectivity index (χ3n) is 4.47. The summed E-state index contributed by atoms with van der Waals surface area (Å²) in [6.45, 7) is 2.88. The van der Waals surface area contributed by atoms with Crippen LogP contribution in [0.25, 0.3) is 11.7 Å². The van der Waals surface area contributed by atoms with Crippen molar-refractivity contribution in [1.29, 1.82) is 0 Å². The smallest absolute Gasteiger partial charge is 0.246 e. The van der Waals surface area contributed by atoms with Crippen molar-refractivity contribution >= 4 is 35.0 Å². The Hall–Kier alpha value is -2.86. The number of aromatic nitrogens is 3. The van der Waals surface area contributed by atoms with E-state index in [-0.39, 0.29) is 5.91 Å². The van der Waals surface area contributed by atoms with E-state index in [0.717, 1.165) is 24.6 Å². The number of anilines is 1. The summed E-state index contributed by atoms with van der Waals surface area (Å²) < 4.78 is 1.87. The third-order valence-corrected chi connectivity index (χ3v) is 4.75. The zero-order valence-corrected chi connectivity index (χ0v) is 14.9. The molecule has 0 unspecified atom stereocenters. The molecule has 1 aliphatic rings. The number of piperazine rings is 1. The zero-order valence-electron chi connectivity index (χ0n) is 14.1. The van der Waals surface area contributed by atoms with Crippen LogP contribution in [0.5, 0.6) is 0 Å². The van der Waals surface area contributed by atoms with Gasteiger partial charge in [-0.05, 0) is 30.3 Å². The van der Waals surface area contributed by atoms with E-state index in [1.54, 1.807) is 18.3 Å². The number of hydrogen-bond donors (Lipinski definition) is 0. The summed E-state index contributed by atoms with van der Waals surface area (Å²) in [6, 6.07) is 11.5. The minimum Gasteiger partial charge on any atom is -0.353 e. The fraction of sp³-hybridized carbons (Fsp3) is 0.211. The first-order valence-corrected chi connectivity index (χ1v) is 8.86. The molecule has 132 valence electrons. The number of nitrogens with zero attached hydrogens (tertiary/aromatic N) is 5. The summed E-state index contributed by atoms with van der Waals surface area (Å²) in [7, 11) is 0. The van der Waals surface area contributed by atoms with E-state index >= 15 is 0 Å². The molecule has 3 aromatic heterocycles. The van der Waals surface area contributed by atoms with Gasteiger partial charge in [-0.3, -0.25) is 9.20 Å². The van der Waals surface area contributed by atoms with Crippen molar-refractivity contribution in [2.75, 3.05) is 31.1 Å². The van der Waals surface area contributed by atoms with E-state index < -0.39 is 0 Å². The summed E-state index contributed by atoms with van der Waals surface area (Å²) in [5.41, 5.74) is 1.47. The van der Waals surface area contributed by atoms with E-state index in [0.29, 0.717) is 23.9 Å². The highest BCUT2D eigenvalue weighted by molar-refractivity contribution is 6.31. The average Bonchev–Trinajstić information content (AvgIpc) is 3.02. The van der Waals surface area contributed by atoms with Gasteiger partial charge in [-0.25, -0.2) is 9.97 Å². The Kier molecular flexibility index (Phi) is 4.58. The molecule has 0 aliphatic carbocycles. The van der Waals surface area contributed by atoms with E-state index in [4.69, 9.17) is 11.6 Å². The number of carbonyl (C=O) groups excluding carboxylic acids is 1. The quantitative estimate of drug-likeness (QED) is 0.668. The van der Waals surface area contributed by atoms with Gasteiger partial charge >= 0.3 is 0 Å². The van der Waals surface area contributed by atoms with Crippen molar-refractivity contribution < 1.29 is 4.79 Å². The maximum absolute atomic E-state index is 12.5. The van der Waals surface area contributed by atoms with Gasteiger partial charge in [0.05, 0.1) is 5.69 Å². The van der Waals surface area contributed by atoms with Crippen molar-refractivity contribution in [3.8, 4) is 0 Å². The van der Waals surface area contributed by atoms with Crippen molar-refractivity contribution in [2.45, 2.75) is 0 Å². The lowest BCUT2D eigenvalue weighted by molar-refractivity contribution is -0.126. The minimum atomic E-state index is -0.0207. The van der Waals surface area contributed by atoms with Crippen LogP contribution in [0, 0.1) is 0 Å². The lowest BCUT2D eigenvalue weighted by Gasteiger charge is -2.34. The van der Waals surface area contributed by atoms with Crippen LogP contribution < -0.4 is 4.90 Å². The minimum absolute atomic E-state index is 0.0207. The number of pyridine rings is 2. The molecule has 1 saturated heterocycles. The number of hydrogen-bond acceptors (Lipinski definition) is 4. The zero-order chi connectivity index (χ0) is 17.9. The topological polar surface area (TPSA) is 53.7 Å². The molecule has 0 atom stereocenters. The molecule has 3 aromatic rings. The van der Waals surface area contributed by atoms with Gasteiger partial charge in [0.15, 0.2) is 5.15 Å². The van der Waals surface area contributed by atoms with Gasteiger partial charge in [-0.1, -0.05) is 23.7 Å². The van der Waals surface area contributed by atoms with Gasteiger partial charge < -0.3 is 9.80 Å². The molecule has 0 aromatic carbocycles. The summed E-state index contributed by atoms with van der Waals surface area (Å²) >= 11 is 6.20. The largest absolute Gasteiger partial charge is 0.353 e. The van der Waals surface area contributed by atoms with Gasteiger partial charge in [0.1, 0.15) is 11.5 Å². The first-order chi connectivity index (χ1) is 12.7. The SMILES string of the molecule is O=C(/C=C/c1c(Cl)nc2ccccn12)N1CCN(c2ccccn2)CC1. The van der Waals surface area contributed by atoms with Crippen molar-refractivity contribution in [3.63, 3.8) is 0 Å². The van der Waals surface area contributed by atoms with Gasteiger partial charge in [0.25, 0.3) is 0 Å². The van der Waals surface area contributed by atoms with E-state index in [1.165, 1.54) is 0 Å². The van der Waals surface area contributed by atoms with Gasteiger partial charge in [-0.15, -0.1) is 0 Å². The predicted molar refractivity (Wildman–Crippen MR) is 102 cm³/mol. The van der Waals surface area contributed by atoms with Crippen LogP contribution in [0.4, 0.5) is 5.82 Å². The second-order valence-electron chi connectivity index (χ2n) is 6.05. The summed E-state index contributed by atoms with van der Waals surface area (Å²) in [5.74, 6) is 0.931. The number of halogens is 1. The second-order valence-corrected chi connectivity index (χ2v) is 6.41. The Morgan fingerprint density at radius 1 is 1.08 bits per heavy atom. The van der Waals surface area contributed by atoms with Crippen LogP contribution in [0.3, 0.4) is 0 Å². The number of amides is 1. The lowest BCUT2D eigenvalue weighted by atomic mass is 10.3. The van der Waals surface area contributed by atoms with Crippen LogP contribution in [0.15, 0.2) is 54.9 Å². The average molecular weight is 368 g/mol. The monoisotopic (exact) mass is 367 g/mol. The molecule has 4 heterocycles. The van der Waals surface area contributed by atoms with Gasteiger partial charge in [0.2, 0.25) is 5.91 Å². The Balaban J connectivity index is 1.42. The highest BCUT2D eigenvalue weighted by atomic mass is 35.5. The maximum Gasteiger partial charge on any atom is 0.246 e. The first-order valence-electron chi connectivity index (χ1n) is 8.48. The molecule has 0 spiro atoms. The first kappa shape index (κ1) is 16.6. The van der Waals surface area contributed by atoms with Crippen molar-refractivity contribution in [1.82, 2.24) is 19.3 Å². The molecule has 0 saturated carbocycles. The molecule has 26 heavy (non-hydrogen) atoms. The fourth-order valence-corrected chi connectivity index (χ4v) is 3.33. The van der Waals surface area contributed by atoms with Crippen LogP contribution in [0.1, 0.15) is 5.69 Å². The molecule has 0 radical (unpaired) electrons. The van der Waals surface area contributed by atoms with E-state index in [1.807, 2.05) is 51.9 Å². The Morgan fingerprint density at radius 2 is 1.88 bits per heavy atom. The molecule has 1 amide bonds. The third kappa shape index (κ3) is 3.28. The molecule has 7 heteroatoms. The van der Waals surface area contributed by atoms with Crippen LogP contribution in [0.2, 0.25) is 5.15 Å². The van der Waals surface area contributed by atoms with Crippen LogP contribution in [-0.2, 0) is 4.79 Å². The maximum atomic E-state index is 12.5. The van der Waals surface area contributed by atoms with Gasteiger partial charge in [-0.2, -0.15) is 0 Å². The van der Waals surface area contributed by atoms with Crippen LogP contribution >= 0.6 is 11.6 Å². The molecule has 4 rings (SSSR count). The Bertz CT molecular complexity index is 945. The normalized spacial score (nSPS) is 15.1. The summed E-state index contributed by atoms with van der Waals surface area (Å²) in [6.07, 6.45) is 6.97. The van der Waals surface area contributed by atoms with Crippen molar-refractivity contribution in [3.05, 3.63) is 65.7 Å². The number of imidazole rings is 1. The van der Waals surface area contributed by atoms with E-state index in [9.17, 15) is 4.79 Å². The molecule has 6 nitrogen and oxygen atoms in total. The van der Waals surface area contributed by atoms with Crippen LogP contribution in [-0.4, -0.2) is 51.4 Å². The summed E-state index contributed by atoms with van der Waals surface area (Å²) in [5, 5.41) is 0.389. The predicted octanol–water partition coefficient (Wildman–Crippen LogP) is 2.74. The highest BCUT2D eigenvalue weighted by Crippen LogP contribution is 2.19. The number of rotatable bonds is 3. The van der Waals surface area contributed by atoms with E-state index in [2.05, 4.69) is 14.9 Å². The molecule has 0 bridgehead atoms. The highest BCUT2D eigenvalue weighted by Gasteiger charge is 2.20. The fourth-order valence-electron chi connectivity index (χ4n) is 3.09.